The Morgan fingerprint density at radius 3 is 2.61 bits per heavy atom. The predicted molar refractivity (Wildman–Crippen MR) is 128 cm³/mol. The SMILES string of the molecule is CC.CCCc1cc(Cl)ccc1-c1noc(-c2ccccc2)c1C(O)C1=CNCC=C1. The molecule has 0 fully saturated rings. The summed E-state index contributed by atoms with van der Waals surface area (Å²) in [5.41, 5.74) is 4.98. The van der Waals surface area contributed by atoms with Gasteiger partial charge in [0.25, 0.3) is 0 Å². The number of halogens is 1. The molecule has 0 saturated carbocycles. The molecule has 2 N–H and O–H groups in total. The Balaban J connectivity index is 0.00000132. The second-order valence-corrected chi connectivity index (χ2v) is 7.49. The Morgan fingerprint density at radius 1 is 1.16 bits per heavy atom. The molecule has 0 aliphatic carbocycles. The fourth-order valence-corrected chi connectivity index (χ4v) is 3.83. The molecule has 5 heteroatoms. The van der Waals surface area contributed by atoms with E-state index in [-0.39, 0.29) is 0 Å². The summed E-state index contributed by atoms with van der Waals surface area (Å²) in [5.74, 6) is 0.574. The molecule has 31 heavy (non-hydrogen) atoms. The van der Waals surface area contributed by atoms with Crippen LogP contribution in [0.5, 0.6) is 0 Å². The van der Waals surface area contributed by atoms with Crippen molar-refractivity contribution < 1.29 is 9.63 Å². The third kappa shape index (κ3) is 5.09. The van der Waals surface area contributed by atoms with E-state index in [1.807, 2.05) is 80.7 Å². The highest BCUT2D eigenvalue weighted by molar-refractivity contribution is 6.30. The fourth-order valence-electron chi connectivity index (χ4n) is 3.64. The van der Waals surface area contributed by atoms with Gasteiger partial charge in [-0.15, -0.1) is 0 Å². The molecule has 2 heterocycles. The van der Waals surface area contributed by atoms with Gasteiger partial charge in [0, 0.05) is 34.5 Å². The minimum absolute atomic E-state index is 0.574. The van der Waals surface area contributed by atoms with E-state index < -0.39 is 6.10 Å². The first-order valence-electron chi connectivity index (χ1n) is 10.8. The second kappa shape index (κ2) is 11.0. The monoisotopic (exact) mass is 436 g/mol. The normalized spacial score (nSPS) is 13.6. The molecule has 0 spiro atoms. The van der Waals surface area contributed by atoms with Crippen LogP contribution in [0.3, 0.4) is 0 Å². The minimum Gasteiger partial charge on any atom is -0.387 e. The van der Waals surface area contributed by atoms with E-state index in [0.29, 0.717) is 22.0 Å². The highest BCUT2D eigenvalue weighted by Crippen LogP contribution is 2.41. The van der Waals surface area contributed by atoms with Crippen molar-refractivity contribution in [3.8, 4) is 22.6 Å². The highest BCUT2D eigenvalue weighted by Gasteiger charge is 2.28. The van der Waals surface area contributed by atoms with Crippen LogP contribution in [0.25, 0.3) is 22.6 Å². The lowest BCUT2D eigenvalue weighted by Crippen LogP contribution is -2.13. The van der Waals surface area contributed by atoms with Crippen molar-refractivity contribution in [1.82, 2.24) is 10.5 Å². The van der Waals surface area contributed by atoms with E-state index in [1.165, 1.54) is 0 Å². The summed E-state index contributed by atoms with van der Waals surface area (Å²) < 4.78 is 5.80. The first-order chi connectivity index (χ1) is 15.2. The molecule has 1 aliphatic heterocycles. The molecule has 1 unspecified atom stereocenters. The summed E-state index contributed by atoms with van der Waals surface area (Å²) in [6.45, 7) is 6.87. The van der Waals surface area contributed by atoms with Crippen molar-refractivity contribution in [3.05, 3.63) is 88.6 Å². The topological polar surface area (TPSA) is 58.3 Å². The number of aryl methyl sites for hydroxylation is 1. The molecular weight excluding hydrogens is 408 g/mol. The molecule has 0 radical (unpaired) electrons. The number of hydrogen-bond donors (Lipinski definition) is 2. The molecule has 2 aromatic carbocycles. The molecule has 162 valence electrons. The zero-order chi connectivity index (χ0) is 22.2. The largest absolute Gasteiger partial charge is 0.387 e. The van der Waals surface area contributed by atoms with E-state index in [1.54, 1.807) is 0 Å². The second-order valence-electron chi connectivity index (χ2n) is 7.05. The van der Waals surface area contributed by atoms with E-state index in [2.05, 4.69) is 17.4 Å². The number of aromatic nitrogens is 1. The smallest absolute Gasteiger partial charge is 0.173 e. The molecule has 4 rings (SSSR count). The number of aliphatic hydroxyl groups is 1. The van der Waals surface area contributed by atoms with Crippen molar-refractivity contribution in [2.75, 3.05) is 6.54 Å². The molecule has 1 aromatic heterocycles. The Hall–Kier alpha value is -2.82. The lowest BCUT2D eigenvalue weighted by molar-refractivity contribution is 0.219. The van der Waals surface area contributed by atoms with E-state index >= 15 is 0 Å². The Labute approximate surface area is 189 Å². The minimum atomic E-state index is -0.874. The van der Waals surface area contributed by atoms with E-state index in [0.717, 1.165) is 41.6 Å². The van der Waals surface area contributed by atoms with Gasteiger partial charge in [0.1, 0.15) is 11.8 Å². The Morgan fingerprint density at radius 2 is 1.94 bits per heavy atom. The van der Waals surface area contributed by atoms with Crippen LogP contribution in [-0.2, 0) is 6.42 Å². The quantitative estimate of drug-likeness (QED) is 0.450. The maximum absolute atomic E-state index is 11.3. The van der Waals surface area contributed by atoms with Crippen LogP contribution in [0, 0.1) is 0 Å². The summed E-state index contributed by atoms with van der Waals surface area (Å²) >= 11 is 6.25. The van der Waals surface area contributed by atoms with Gasteiger partial charge in [0.2, 0.25) is 0 Å². The third-order valence-corrected chi connectivity index (χ3v) is 5.24. The van der Waals surface area contributed by atoms with Crippen molar-refractivity contribution in [2.45, 2.75) is 39.7 Å². The van der Waals surface area contributed by atoms with Gasteiger partial charge in [-0.3, -0.25) is 0 Å². The van der Waals surface area contributed by atoms with Gasteiger partial charge in [-0.2, -0.15) is 0 Å². The third-order valence-electron chi connectivity index (χ3n) is 5.01. The molecule has 1 aliphatic rings. The summed E-state index contributed by atoms with van der Waals surface area (Å²) in [4.78, 5) is 0. The van der Waals surface area contributed by atoms with Gasteiger partial charge in [0.15, 0.2) is 5.76 Å². The van der Waals surface area contributed by atoms with Gasteiger partial charge < -0.3 is 14.9 Å². The van der Waals surface area contributed by atoms with E-state index in [4.69, 9.17) is 16.1 Å². The summed E-state index contributed by atoms with van der Waals surface area (Å²) in [6, 6.07) is 15.5. The van der Waals surface area contributed by atoms with Crippen LogP contribution in [0.1, 0.15) is 44.4 Å². The van der Waals surface area contributed by atoms with Crippen LogP contribution in [0.4, 0.5) is 0 Å². The lowest BCUT2D eigenvalue weighted by atomic mass is 9.91. The van der Waals surface area contributed by atoms with Crippen LogP contribution in [0.15, 0.2) is 77.0 Å². The van der Waals surface area contributed by atoms with Crippen molar-refractivity contribution in [1.29, 1.82) is 0 Å². The molecule has 0 bridgehead atoms. The fraction of sp³-hybridized carbons (Fsp3) is 0.269. The van der Waals surface area contributed by atoms with Crippen molar-refractivity contribution in [2.24, 2.45) is 0 Å². The maximum atomic E-state index is 11.3. The van der Waals surface area contributed by atoms with Crippen LogP contribution >= 0.6 is 11.6 Å². The molecule has 1 atom stereocenters. The van der Waals surface area contributed by atoms with Gasteiger partial charge in [0.05, 0.1) is 5.56 Å². The first kappa shape index (κ1) is 22.9. The van der Waals surface area contributed by atoms with Crippen LogP contribution in [0.2, 0.25) is 5.02 Å². The summed E-state index contributed by atoms with van der Waals surface area (Å²) in [6.07, 6.45) is 6.72. The Bertz CT molecular complexity index is 1050. The van der Waals surface area contributed by atoms with E-state index in [9.17, 15) is 5.11 Å². The number of benzene rings is 2. The lowest BCUT2D eigenvalue weighted by Gasteiger charge is -2.17. The van der Waals surface area contributed by atoms with Gasteiger partial charge >= 0.3 is 0 Å². The average molecular weight is 437 g/mol. The number of nitrogens with zero attached hydrogens (tertiary/aromatic N) is 1. The predicted octanol–water partition coefficient (Wildman–Crippen LogP) is 6.72. The number of dihydropyridines is 1. The summed E-state index contributed by atoms with van der Waals surface area (Å²) in [5, 5.41) is 19.6. The van der Waals surface area contributed by atoms with Gasteiger partial charge in [-0.05, 0) is 24.1 Å². The summed E-state index contributed by atoms with van der Waals surface area (Å²) in [7, 11) is 0. The number of nitrogens with one attached hydrogen (secondary N) is 1. The van der Waals surface area contributed by atoms with Crippen molar-refractivity contribution >= 4 is 11.6 Å². The first-order valence-corrected chi connectivity index (χ1v) is 11.2. The molecule has 4 nitrogen and oxygen atoms in total. The number of rotatable bonds is 6. The number of aliphatic hydroxyl groups excluding tert-OH is 1. The molecule has 0 saturated heterocycles. The maximum Gasteiger partial charge on any atom is 0.173 e. The van der Waals surface area contributed by atoms with Crippen LogP contribution < -0.4 is 5.32 Å². The zero-order valence-corrected chi connectivity index (χ0v) is 19.0. The van der Waals surface area contributed by atoms with Gasteiger partial charge in [-0.1, -0.05) is 92.5 Å². The molecule has 0 amide bonds. The average Bonchev–Trinajstić information content (AvgIpc) is 3.26. The molecular formula is C26H29ClN2O2. The zero-order valence-electron chi connectivity index (χ0n) is 18.2. The number of hydrogen-bond acceptors (Lipinski definition) is 4. The standard InChI is InChI=1S/C24H23ClN2O2.C2H6/c1-2-7-17-14-19(25)11-12-20(17)22-21(23(28)18-10-6-13-26-15-18)24(29-27-22)16-8-4-3-5-9-16;1-2/h3-6,8-12,14-15,23,26,28H,2,7,13H2,1H3;1-2H3. The van der Waals surface area contributed by atoms with Crippen molar-refractivity contribution in [3.63, 3.8) is 0 Å². The Kier molecular flexibility index (Phi) is 8.10. The molecule has 3 aromatic rings. The van der Waals surface area contributed by atoms with Gasteiger partial charge in [-0.25, -0.2) is 0 Å². The highest BCUT2D eigenvalue weighted by atomic mass is 35.5. The van der Waals surface area contributed by atoms with Crippen LogP contribution in [-0.4, -0.2) is 16.8 Å².